The van der Waals surface area contributed by atoms with Crippen molar-refractivity contribution < 1.29 is 9.59 Å². The van der Waals surface area contributed by atoms with Crippen molar-refractivity contribution in [3.63, 3.8) is 0 Å². The fourth-order valence-corrected chi connectivity index (χ4v) is 6.22. The van der Waals surface area contributed by atoms with Crippen LogP contribution in [-0.4, -0.2) is 53.8 Å². The molecule has 1 N–H and O–H groups in total. The Morgan fingerprint density at radius 3 is 2.31 bits per heavy atom. The standard InChI is InChI=1S/C30H39N3O2/c1-2-22-10-12-25(13-11-22)30(35)33-20-16-26(17-21-33)32-18-14-24(15-19-32)29(34)31-28-9-5-7-23-6-3-4-8-27(23)28/h3-4,6,8,10-13,24,26,28H,2,5,7,9,14-21H2,1H3,(H,31,34). The van der Waals surface area contributed by atoms with E-state index in [-0.39, 0.29) is 23.8 Å². The van der Waals surface area contributed by atoms with E-state index in [1.165, 1.54) is 16.7 Å². The van der Waals surface area contributed by atoms with E-state index in [2.05, 4.69) is 53.5 Å². The van der Waals surface area contributed by atoms with Crippen molar-refractivity contribution >= 4 is 11.8 Å². The van der Waals surface area contributed by atoms with Gasteiger partial charge in [0.1, 0.15) is 0 Å². The molecule has 0 spiro atoms. The first-order valence-corrected chi connectivity index (χ1v) is 13.6. The van der Waals surface area contributed by atoms with E-state index in [0.717, 1.165) is 83.1 Å². The van der Waals surface area contributed by atoms with Crippen molar-refractivity contribution in [2.45, 2.75) is 70.4 Å². The summed E-state index contributed by atoms with van der Waals surface area (Å²) in [4.78, 5) is 30.6. The third kappa shape index (κ3) is 5.45. The molecule has 1 atom stereocenters. The van der Waals surface area contributed by atoms with E-state index in [0.29, 0.717) is 6.04 Å². The second-order valence-electron chi connectivity index (χ2n) is 10.5. The fraction of sp³-hybridized carbons (Fsp3) is 0.533. The Hall–Kier alpha value is -2.66. The van der Waals surface area contributed by atoms with Gasteiger partial charge in [-0.25, -0.2) is 0 Å². The first-order valence-electron chi connectivity index (χ1n) is 13.6. The first kappa shape index (κ1) is 24.1. The molecule has 5 heteroatoms. The zero-order valence-electron chi connectivity index (χ0n) is 21.0. The lowest BCUT2D eigenvalue weighted by atomic mass is 9.86. The molecule has 2 aromatic carbocycles. The van der Waals surface area contributed by atoms with E-state index in [1.54, 1.807) is 0 Å². The molecule has 0 radical (unpaired) electrons. The molecule has 186 valence electrons. The number of hydrogen-bond donors (Lipinski definition) is 1. The summed E-state index contributed by atoms with van der Waals surface area (Å²) in [5.74, 6) is 0.514. The maximum atomic E-state index is 13.1. The van der Waals surface area contributed by atoms with Crippen LogP contribution in [0.3, 0.4) is 0 Å². The van der Waals surface area contributed by atoms with E-state index < -0.39 is 0 Å². The lowest BCUT2D eigenvalue weighted by molar-refractivity contribution is -0.127. The average Bonchev–Trinajstić information content (AvgIpc) is 2.93. The van der Waals surface area contributed by atoms with Crippen LogP contribution in [0.4, 0.5) is 0 Å². The monoisotopic (exact) mass is 473 g/mol. The Morgan fingerprint density at radius 1 is 0.886 bits per heavy atom. The van der Waals surface area contributed by atoms with Gasteiger partial charge in [0.2, 0.25) is 5.91 Å². The Labute approximate surface area is 209 Å². The molecule has 0 bridgehead atoms. The van der Waals surface area contributed by atoms with Gasteiger partial charge in [-0.1, -0.05) is 43.3 Å². The Morgan fingerprint density at radius 2 is 1.60 bits per heavy atom. The zero-order chi connectivity index (χ0) is 24.2. The lowest BCUT2D eigenvalue weighted by Gasteiger charge is -2.41. The van der Waals surface area contributed by atoms with Gasteiger partial charge in [0.25, 0.3) is 5.91 Å². The van der Waals surface area contributed by atoms with Crippen molar-refractivity contribution in [3.05, 3.63) is 70.8 Å². The highest BCUT2D eigenvalue weighted by atomic mass is 16.2. The molecule has 0 aromatic heterocycles. The number of amides is 2. The molecule has 2 amide bonds. The van der Waals surface area contributed by atoms with Crippen molar-refractivity contribution in [1.29, 1.82) is 0 Å². The number of nitrogens with one attached hydrogen (secondary N) is 1. The first-order chi connectivity index (χ1) is 17.1. The van der Waals surface area contributed by atoms with E-state index in [9.17, 15) is 9.59 Å². The summed E-state index contributed by atoms with van der Waals surface area (Å²) in [6, 6.07) is 17.3. The smallest absolute Gasteiger partial charge is 0.253 e. The number of hydrogen-bond acceptors (Lipinski definition) is 3. The van der Waals surface area contributed by atoms with Crippen molar-refractivity contribution in [3.8, 4) is 0 Å². The van der Waals surface area contributed by atoms with Crippen LogP contribution in [0.25, 0.3) is 0 Å². The van der Waals surface area contributed by atoms with Crippen LogP contribution < -0.4 is 5.32 Å². The Bertz CT molecular complexity index is 1020. The number of carbonyl (C=O) groups is 2. The number of benzene rings is 2. The molecule has 2 aliphatic heterocycles. The maximum absolute atomic E-state index is 13.1. The van der Waals surface area contributed by atoms with Crippen LogP contribution in [0, 0.1) is 5.92 Å². The number of rotatable bonds is 5. The van der Waals surface area contributed by atoms with Crippen LogP contribution in [0.2, 0.25) is 0 Å². The lowest BCUT2D eigenvalue weighted by Crippen LogP contribution is -2.50. The highest BCUT2D eigenvalue weighted by molar-refractivity contribution is 5.94. The van der Waals surface area contributed by atoms with Gasteiger partial charge < -0.3 is 15.1 Å². The number of carbonyl (C=O) groups excluding carboxylic acids is 2. The van der Waals surface area contributed by atoms with Gasteiger partial charge in [0, 0.05) is 30.6 Å². The molecule has 2 saturated heterocycles. The summed E-state index contributed by atoms with van der Waals surface area (Å²) in [6.45, 7) is 5.74. The second-order valence-corrected chi connectivity index (χ2v) is 10.5. The summed E-state index contributed by atoms with van der Waals surface area (Å²) in [5.41, 5.74) is 4.77. The fourth-order valence-electron chi connectivity index (χ4n) is 6.22. The molecule has 1 aliphatic carbocycles. The van der Waals surface area contributed by atoms with Crippen LogP contribution >= 0.6 is 0 Å². The molecule has 2 heterocycles. The van der Waals surface area contributed by atoms with Gasteiger partial charge in [-0.05, 0) is 93.3 Å². The van der Waals surface area contributed by atoms with Gasteiger partial charge >= 0.3 is 0 Å². The molecular formula is C30H39N3O2. The zero-order valence-corrected chi connectivity index (χ0v) is 21.0. The van der Waals surface area contributed by atoms with E-state index >= 15 is 0 Å². The van der Waals surface area contributed by atoms with Gasteiger partial charge in [-0.2, -0.15) is 0 Å². The minimum absolute atomic E-state index is 0.119. The van der Waals surface area contributed by atoms with E-state index in [1.807, 2.05) is 17.0 Å². The Balaban J connectivity index is 1.08. The summed E-state index contributed by atoms with van der Waals surface area (Å²) < 4.78 is 0. The van der Waals surface area contributed by atoms with Crippen molar-refractivity contribution in [1.82, 2.24) is 15.1 Å². The number of nitrogens with zero attached hydrogens (tertiary/aromatic N) is 2. The highest BCUT2D eigenvalue weighted by Gasteiger charge is 2.33. The van der Waals surface area contributed by atoms with Crippen LogP contribution in [0.1, 0.15) is 78.5 Å². The molecule has 3 aliphatic rings. The van der Waals surface area contributed by atoms with E-state index in [4.69, 9.17) is 0 Å². The van der Waals surface area contributed by atoms with Crippen molar-refractivity contribution in [2.75, 3.05) is 26.2 Å². The number of aryl methyl sites for hydroxylation is 2. The van der Waals surface area contributed by atoms with Crippen LogP contribution in [0.5, 0.6) is 0 Å². The third-order valence-corrected chi connectivity index (χ3v) is 8.46. The molecule has 0 saturated carbocycles. The van der Waals surface area contributed by atoms with Gasteiger partial charge in [0.15, 0.2) is 0 Å². The van der Waals surface area contributed by atoms with Crippen LogP contribution in [0.15, 0.2) is 48.5 Å². The summed E-state index contributed by atoms with van der Waals surface area (Å²) in [7, 11) is 0. The summed E-state index contributed by atoms with van der Waals surface area (Å²) in [5, 5.41) is 3.38. The maximum Gasteiger partial charge on any atom is 0.253 e. The largest absolute Gasteiger partial charge is 0.349 e. The van der Waals surface area contributed by atoms with Gasteiger partial charge in [0.05, 0.1) is 6.04 Å². The molecule has 5 rings (SSSR count). The highest BCUT2D eigenvalue weighted by Crippen LogP contribution is 2.31. The quantitative estimate of drug-likeness (QED) is 0.681. The third-order valence-electron chi connectivity index (χ3n) is 8.46. The SMILES string of the molecule is CCc1ccc(C(=O)N2CCC(N3CCC(C(=O)NC4CCCc5ccccc54)CC3)CC2)cc1. The molecule has 35 heavy (non-hydrogen) atoms. The predicted octanol–water partition coefficient (Wildman–Crippen LogP) is 4.76. The predicted molar refractivity (Wildman–Crippen MR) is 139 cm³/mol. The average molecular weight is 474 g/mol. The topological polar surface area (TPSA) is 52.7 Å². The normalized spacial score (nSPS) is 22.0. The number of likely N-dealkylation sites (tertiary alicyclic amines) is 2. The minimum Gasteiger partial charge on any atom is -0.349 e. The molecular weight excluding hydrogens is 434 g/mol. The van der Waals surface area contributed by atoms with Crippen molar-refractivity contribution in [2.24, 2.45) is 5.92 Å². The number of piperidine rings is 2. The molecule has 2 aromatic rings. The molecule has 5 nitrogen and oxygen atoms in total. The Kier molecular flexibility index (Phi) is 7.52. The molecule has 1 unspecified atom stereocenters. The molecule has 2 fully saturated rings. The van der Waals surface area contributed by atoms with Gasteiger partial charge in [-0.3, -0.25) is 9.59 Å². The second kappa shape index (κ2) is 10.9. The summed E-state index contributed by atoms with van der Waals surface area (Å²) in [6.07, 6.45) is 8.21. The van der Waals surface area contributed by atoms with Gasteiger partial charge in [-0.15, -0.1) is 0 Å². The minimum atomic E-state index is 0.119. The number of fused-ring (bicyclic) bond motifs is 1. The van der Waals surface area contributed by atoms with Crippen LogP contribution in [-0.2, 0) is 17.6 Å². The summed E-state index contributed by atoms with van der Waals surface area (Å²) >= 11 is 0.